The van der Waals surface area contributed by atoms with Crippen LogP contribution in [0.5, 0.6) is 5.75 Å². The van der Waals surface area contributed by atoms with Crippen LogP contribution in [0.4, 0.5) is 0 Å². The summed E-state index contributed by atoms with van der Waals surface area (Å²) in [6.45, 7) is 5.06. The fourth-order valence-corrected chi connectivity index (χ4v) is 4.64. The number of nitrogens with one attached hydrogen (secondary N) is 2. The van der Waals surface area contributed by atoms with Crippen molar-refractivity contribution in [3.05, 3.63) is 51.7 Å². The summed E-state index contributed by atoms with van der Waals surface area (Å²) in [5, 5.41) is 11.5. The van der Waals surface area contributed by atoms with Gasteiger partial charge in [0.1, 0.15) is 5.75 Å². The van der Waals surface area contributed by atoms with Crippen molar-refractivity contribution >= 4 is 17.3 Å². The van der Waals surface area contributed by atoms with Crippen molar-refractivity contribution in [2.24, 2.45) is 4.99 Å². The number of ether oxygens (including phenoxy) is 1. The lowest BCUT2D eigenvalue weighted by Crippen LogP contribution is -2.48. The van der Waals surface area contributed by atoms with Gasteiger partial charge in [0.05, 0.1) is 6.61 Å². The van der Waals surface area contributed by atoms with E-state index in [9.17, 15) is 0 Å². The Bertz CT molecular complexity index is 782. The molecule has 0 aliphatic carbocycles. The SMILES string of the molecule is CN=C(NCCc1ccc2c(c1)CCO2)NC1CCN(Cc2ccsc2)CC1. The van der Waals surface area contributed by atoms with Crippen molar-refractivity contribution < 1.29 is 4.74 Å². The number of piperidine rings is 1. The number of nitrogens with zero attached hydrogens (tertiary/aromatic N) is 2. The maximum Gasteiger partial charge on any atom is 0.191 e. The lowest BCUT2D eigenvalue weighted by Gasteiger charge is -2.33. The van der Waals surface area contributed by atoms with Crippen LogP contribution in [0, 0.1) is 0 Å². The van der Waals surface area contributed by atoms with Gasteiger partial charge in [-0.15, -0.1) is 0 Å². The first kappa shape index (κ1) is 19.3. The first-order valence-corrected chi connectivity index (χ1v) is 11.2. The lowest BCUT2D eigenvalue weighted by atomic mass is 10.0. The molecule has 6 heteroatoms. The zero-order chi connectivity index (χ0) is 19.2. The summed E-state index contributed by atoms with van der Waals surface area (Å²) in [4.78, 5) is 6.96. The second-order valence-corrected chi connectivity index (χ2v) is 8.40. The Kier molecular flexibility index (Phi) is 6.49. The van der Waals surface area contributed by atoms with Crippen LogP contribution in [0.3, 0.4) is 0 Å². The Labute approximate surface area is 171 Å². The molecule has 5 nitrogen and oxygen atoms in total. The standard InChI is InChI=1S/C22H30N4OS/c1-23-22(24-9-4-17-2-3-21-19(14-17)7-12-27-21)25-20-5-10-26(11-6-20)15-18-8-13-28-16-18/h2-3,8,13-14,16,20H,4-7,9-12,15H2,1H3,(H2,23,24,25). The number of rotatable bonds is 6. The minimum Gasteiger partial charge on any atom is -0.493 e. The average molecular weight is 399 g/mol. The molecule has 150 valence electrons. The Hall–Kier alpha value is -2.05. The first-order chi connectivity index (χ1) is 13.8. The second-order valence-electron chi connectivity index (χ2n) is 7.62. The minimum atomic E-state index is 0.502. The summed E-state index contributed by atoms with van der Waals surface area (Å²) in [6.07, 6.45) is 4.35. The molecule has 2 N–H and O–H groups in total. The van der Waals surface area contributed by atoms with E-state index >= 15 is 0 Å². The predicted molar refractivity (Wildman–Crippen MR) is 116 cm³/mol. The van der Waals surface area contributed by atoms with Crippen LogP contribution in [0.25, 0.3) is 0 Å². The highest BCUT2D eigenvalue weighted by Crippen LogP contribution is 2.25. The molecule has 0 saturated carbocycles. The van der Waals surface area contributed by atoms with Gasteiger partial charge < -0.3 is 15.4 Å². The molecule has 2 aliphatic rings. The molecule has 1 aromatic carbocycles. The molecular weight excluding hydrogens is 368 g/mol. The van der Waals surface area contributed by atoms with Crippen LogP contribution in [0.2, 0.25) is 0 Å². The Morgan fingerprint density at radius 2 is 2.14 bits per heavy atom. The maximum absolute atomic E-state index is 5.59. The summed E-state index contributed by atoms with van der Waals surface area (Å²) in [5.74, 6) is 1.97. The van der Waals surface area contributed by atoms with Crippen molar-refractivity contribution in [3.63, 3.8) is 0 Å². The molecule has 0 radical (unpaired) electrons. The van der Waals surface area contributed by atoms with Gasteiger partial charge in [-0.05, 0) is 58.8 Å². The fourth-order valence-electron chi connectivity index (χ4n) is 3.98. The number of likely N-dealkylation sites (tertiary alicyclic amines) is 1. The molecule has 0 bridgehead atoms. The van der Waals surface area contributed by atoms with Crippen LogP contribution >= 0.6 is 11.3 Å². The highest BCUT2D eigenvalue weighted by molar-refractivity contribution is 7.07. The molecule has 0 unspecified atom stereocenters. The molecule has 1 saturated heterocycles. The summed E-state index contributed by atoms with van der Waals surface area (Å²) < 4.78 is 5.59. The van der Waals surface area contributed by atoms with Crippen LogP contribution < -0.4 is 15.4 Å². The molecule has 2 aromatic rings. The summed E-state index contributed by atoms with van der Waals surface area (Å²) >= 11 is 1.78. The van der Waals surface area contributed by atoms with Gasteiger partial charge in [0.2, 0.25) is 0 Å². The number of hydrogen-bond acceptors (Lipinski definition) is 4. The number of hydrogen-bond donors (Lipinski definition) is 2. The third-order valence-corrected chi connectivity index (χ3v) is 6.33. The Morgan fingerprint density at radius 3 is 2.93 bits per heavy atom. The van der Waals surface area contributed by atoms with E-state index in [1.807, 2.05) is 7.05 Å². The van der Waals surface area contributed by atoms with Gasteiger partial charge in [-0.25, -0.2) is 0 Å². The van der Waals surface area contributed by atoms with Gasteiger partial charge in [-0.3, -0.25) is 9.89 Å². The van der Waals surface area contributed by atoms with E-state index in [1.165, 1.54) is 16.7 Å². The van der Waals surface area contributed by atoms with E-state index in [0.29, 0.717) is 6.04 Å². The lowest BCUT2D eigenvalue weighted by molar-refractivity contribution is 0.198. The molecule has 0 spiro atoms. The zero-order valence-electron chi connectivity index (χ0n) is 16.6. The largest absolute Gasteiger partial charge is 0.493 e. The molecule has 28 heavy (non-hydrogen) atoms. The summed E-state index contributed by atoms with van der Waals surface area (Å²) in [5.41, 5.74) is 4.13. The second kappa shape index (κ2) is 9.43. The number of guanidine groups is 1. The van der Waals surface area contributed by atoms with Crippen molar-refractivity contribution in [2.75, 3.05) is 33.3 Å². The molecule has 0 amide bonds. The van der Waals surface area contributed by atoms with E-state index < -0.39 is 0 Å². The van der Waals surface area contributed by atoms with Crippen LogP contribution in [0.15, 0.2) is 40.0 Å². The topological polar surface area (TPSA) is 48.9 Å². The van der Waals surface area contributed by atoms with Gasteiger partial charge in [-0.1, -0.05) is 12.1 Å². The summed E-state index contributed by atoms with van der Waals surface area (Å²) in [7, 11) is 1.85. The maximum atomic E-state index is 5.59. The minimum absolute atomic E-state index is 0.502. The number of fused-ring (bicyclic) bond motifs is 1. The van der Waals surface area contributed by atoms with Crippen molar-refractivity contribution in [3.8, 4) is 5.75 Å². The normalized spacial score (nSPS) is 18.0. The Balaban J connectivity index is 1.18. The van der Waals surface area contributed by atoms with E-state index in [-0.39, 0.29) is 0 Å². The van der Waals surface area contributed by atoms with Gasteiger partial charge in [0.25, 0.3) is 0 Å². The predicted octanol–water partition coefficient (Wildman–Crippen LogP) is 3.06. The molecule has 2 aliphatic heterocycles. The number of benzene rings is 1. The van der Waals surface area contributed by atoms with Crippen molar-refractivity contribution in [2.45, 2.75) is 38.3 Å². The molecule has 4 rings (SSSR count). The zero-order valence-corrected chi connectivity index (χ0v) is 17.4. The van der Waals surface area contributed by atoms with Gasteiger partial charge in [0, 0.05) is 45.7 Å². The van der Waals surface area contributed by atoms with E-state index in [2.05, 4.69) is 55.6 Å². The van der Waals surface area contributed by atoms with Crippen molar-refractivity contribution in [1.29, 1.82) is 0 Å². The van der Waals surface area contributed by atoms with Gasteiger partial charge in [-0.2, -0.15) is 11.3 Å². The molecular formula is C22H30N4OS. The smallest absolute Gasteiger partial charge is 0.191 e. The van der Waals surface area contributed by atoms with Gasteiger partial charge in [0.15, 0.2) is 5.96 Å². The van der Waals surface area contributed by atoms with Crippen LogP contribution in [-0.4, -0.2) is 50.2 Å². The van der Waals surface area contributed by atoms with Crippen LogP contribution in [0.1, 0.15) is 29.5 Å². The first-order valence-electron chi connectivity index (χ1n) is 10.3. The van der Waals surface area contributed by atoms with E-state index in [0.717, 1.165) is 70.2 Å². The molecule has 1 aromatic heterocycles. The van der Waals surface area contributed by atoms with Gasteiger partial charge >= 0.3 is 0 Å². The number of aliphatic imine (C=N–C) groups is 1. The fraction of sp³-hybridized carbons (Fsp3) is 0.500. The monoisotopic (exact) mass is 398 g/mol. The van der Waals surface area contributed by atoms with E-state index in [1.54, 1.807) is 11.3 Å². The van der Waals surface area contributed by atoms with E-state index in [4.69, 9.17) is 4.74 Å². The average Bonchev–Trinajstić information content (AvgIpc) is 3.40. The summed E-state index contributed by atoms with van der Waals surface area (Å²) in [6, 6.07) is 9.29. The highest BCUT2D eigenvalue weighted by atomic mass is 32.1. The molecule has 1 fully saturated rings. The third-order valence-electron chi connectivity index (χ3n) is 5.60. The quantitative estimate of drug-likeness (QED) is 0.580. The molecule has 0 atom stereocenters. The van der Waals surface area contributed by atoms with Crippen molar-refractivity contribution in [1.82, 2.24) is 15.5 Å². The molecule has 3 heterocycles. The van der Waals surface area contributed by atoms with Crippen LogP contribution in [-0.2, 0) is 19.4 Å². The Morgan fingerprint density at radius 1 is 1.25 bits per heavy atom. The third kappa shape index (κ3) is 5.06. The number of thiophene rings is 1. The highest BCUT2D eigenvalue weighted by Gasteiger charge is 2.20.